The molecule has 17 heavy (non-hydrogen) atoms. The van der Waals surface area contributed by atoms with E-state index >= 15 is 0 Å². The number of alkyl halides is 1. The van der Waals surface area contributed by atoms with Crippen molar-refractivity contribution < 1.29 is 19.2 Å². The van der Waals surface area contributed by atoms with Crippen molar-refractivity contribution >= 4 is 22.6 Å². The number of carboxylic acids is 1. The van der Waals surface area contributed by atoms with Gasteiger partial charge in [-0.15, -0.1) is 0 Å². The molecular formula is C10H7FN2O4. The number of hydrogen-bond donors (Lipinski definition) is 1. The number of fused-ring (bicyclic) bond motifs is 1. The Balaban J connectivity index is 2.73. The lowest BCUT2D eigenvalue weighted by atomic mass is 10.2. The number of para-hydroxylation sites is 1. The van der Waals surface area contributed by atoms with Crippen molar-refractivity contribution in [3.05, 3.63) is 40.6 Å². The van der Waals surface area contributed by atoms with Gasteiger partial charge in [0.2, 0.25) is 0 Å². The Kier molecular flexibility index (Phi) is 2.51. The van der Waals surface area contributed by atoms with Gasteiger partial charge in [0.25, 0.3) is 12.0 Å². The number of halogens is 1. The first-order valence-corrected chi connectivity index (χ1v) is 4.63. The zero-order valence-corrected chi connectivity index (χ0v) is 8.41. The summed E-state index contributed by atoms with van der Waals surface area (Å²) in [6.45, 7) is 0. The second-order valence-corrected chi connectivity index (χ2v) is 3.37. The fourth-order valence-corrected chi connectivity index (χ4v) is 1.65. The molecule has 0 aliphatic heterocycles. The Morgan fingerprint density at radius 2 is 2.18 bits per heavy atom. The highest BCUT2D eigenvalue weighted by Crippen LogP contribution is 2.29. The summed E-state index contributed by atoms with van der Waals surface area (Å²) in [7, 11) is 0. The van der Waals surface area contributed by atoms with Crippen molar-refractivity contribution in [2.75, 3.05) is 0 Å². The van der Waals surface area contributed by atoms with E-state index in [1.165, 1.54) is 24.4 Å². The topological polar surface area (TPSA) is 85.4 Å². The van der Waals surface area contributed by atoms with E-state index in [-0.39, 0.29) is 11.2 Å². The third-order valence-electron chi connectivity index (χ3n) is 2.36. The second kappa shape index (κ2) is 3.85. The van der Waals surface area contributed by atoms with E-state index in [2.05, 4.69) is 0 Å². The summed E-state index contributed by atoms with van der Waals surface area (Å²) in [6, 6.07) is 5.64. The predicted octanol–water partition coefficient (Wildman–Crippen LogP) is 2.10. The van der Waals surface area contributed by atoms with Gasteiger partial charge in [-0.1, -0.05) is 12.1 Å². The third-order valence-corrected chi connectivity index (χ3v) is 2.36. The zero-order chi connectivity index (χ0) is 12.6. The molecule has 1 unspecified atom stereocenters. The van der Waals surface area contributed by atoms with Crippen LogP contribution in [0.15, 0.2) is 30.5 Å². The van der Waals surface area contributed by atoms with Gasteiger partial charge in [0.15, 0.2) is 0 Å². The van der Waals surface area contributed by atoms with Crippen LogP contribution in [-0.2, 0) is 4.79 Å². The van der Waals surface area contributed by atoms with E-state index in [0.29, 0.717) is 5.39 Å². The van der Waals surface area contributed by atoms with E-state index in [9.17, 15) is 19.3 Å². The summed E-state index contributed by atoms with van der Waals surface area (Å²) < 4.78 is 14.1. The molecule has 1 heterocycles. The summed E-state index contributed by atoms with van der Waals surface area (Å²) in [6.07, 6.45) is -1.16. The summed E-state index contributed by atoms with van der Waals surface area (Å²) in [5, 5.41) is 19.8. The molecule has 0 saturated carbocycles. The molecule has 2 aromatic rings. The van der Waals surface area contributed by atoms with Gasteiger partial charge in [0, 0.05) is 17.6 Å². The molecule has 0 bridgehead atoms. The smallest absolute Gasteiger partial charge is 0.359 e. The van der Waals surface area contributed by atoms with Gasteiger partial charge < -0.3 is 9.67 Å². The predicted molar refractivity (Wildman–Crippen MR) is 56.4 cm³/mol. The van der Waals surface area contributed by atoms with Crippen LogP contribution in [0.1, 0.15) is 6.30 Å². The van der Waals surface area contributed by atoms with E-state index in [1.54, 1.807) is 6.07 Å². The molecule has 1 aromatic carbocycles. The van der Waals surface area contributed by atoms with Gasteiger partial charge in [0.05, 0.1) is 4.92 Å². The Morgan fingerprint density at radius 3 is 2.76 bits per heavy atom. The van der Waals surface area contributed by atoms with Gasteiger partial charge >= 0.3 is 5.97 Å². The Labute approximate surface area is 94.0 Å². The SMILES string of the molecule is O=C(O)C(F)n1ccc2cccc([N+](=O)[O-])c21. The van der Waals surface area contributed by atoms with Crippen LogP contribution in [0.2, 0.25) is 0 Å². The molecule has 1 atom stereocenters. The van der Waals surface area contributed by atoms with Crippen LogP contribution < -0.4 is 0 Å². The van der Waals surface area contributed by atoms with E-state index in [4.69, 9.17) is 5.11 Å². The minimum absolute atomic E-state index is 0.0348. The minimum atomic E-state index is -2.34. The molecule has 0 spiro atoms. The monoisotopic (exact) mass is 238 g/mol. The molecule has 1 N–H and O–H groups in total. The van der Waals surface area contributed by atoms with Crippen LogP contribution in [0.5, 0.6) is 0 Å². The van der Waals surface area contributed by atoms with Crippen molar-refractivity contribution in [3.8, 4) is 0 Å². The van der Waals surface area contributed by atoms with Gasteiger partial charge in [-0.2, -0.15) is 0 Å². The van der Waals surface area contributed by atoms with Crippen molar-refractivity contribution in [2.45, 2.75) is 6.30 Å². The number of nitro groups is 1. The molecule has 88 valence electrons. The zero-order valence-electron chi connectivity index (χ0n) is 8.41. The minimum Gasteiger partial charge on any atom is -0.478 e. The molecule has 0 radical (unpaired) electrons. The normalized spacial score (nSPS) is 12.5. The maximum atomic E-state index is 13.4. The van der Waals surface area contributed by atoms with E-state index in [1.807, 2.05) is 0 Å². The van der Waals surface area contributed by atoms with Crippen LogP contribution in [0, 0.1) is 10.1 Å². The average molecular weight is 238 g/mol. The van der Waals surface area contributed by atoms with E-state index < -0.39 is 17.2 Å². The number of rotatable bonds is 3. The largest absolute Gasteiger partial charge is 0.478 e. The number of nitro benzene ring substituents is 1. The molecule has 1 aromatic heterocycles. The molecule has 0 amide bonds. The van der Waals surface area contributed by atoms with Crippen LogP contribution in [0.3, 0.4) is 0 Å². The fourth-order valence-electron chi connectivity index (χ4n) is 1.65. The third kappa shape index (κ3) is 1.71. The van der Waals surface area contributed by atoms with Crippen molar-refractivity contribution in [1.82, 2.24) is 4.57 Å². The first-order valence-electron chi connectivity index (χ1n) is 4.63. The molecule has 2 rings (SSSR count). The first-order chi connectivity index (χ1) is 8.02. The van der Waals surface area contributed by atoms with Gasteiger partial charge in [0.1, 0.15) is 5.52 Å². The Bertz CT molecular complexity index is 607. The lowest BCUT2D eigenvalue weighted by Gasteiger charge is -2.06. The number of nitrogens with zero attached hydrogens (tertiary/aromatic N) is 2. The van der Waals surface area contributed by atoms with Crippen molar-refractivity contribution in [3.63, 3.8) is 0 Å². The van der Waals surface area contributed by atoms with Crippen molar-refractivity contribution in [1.29, 1.82) is 0 Å². The Hall–Kier alpha value is -2.44. The maximum absolute atomic E-state index is 13.4. The molecule has 0 aliphatic rings. The van der Waals surface area contributed by atoms with Crippen LogP contribution in [0.4, 0.5) is 10.1 Å². The lowest BCUT2D eigenvalue weighted by molar-refractivity contribution is -0.383. The van der Waals surface area contributed by atoms with E-state index in [0.717, 1.165) is 4.57 Å². The lowest BCUT2D eigenvalue weighted by Crippen LogP contribution is -2.13. The highest BCUT2D eigenvalue weighted by atomic mass is 19.1. The standard InChI is InChI=1S/C10H7FN2O4/c11-9(10(14)15)12-5-4-6-2-1-3-7(8(6)12)13(16)17/h1-5,9H,(H,14,15). The summed E-state index contributed by atoms with van der Waals surface area (Å²) >= 11 is 0. The number of aliphatic carboxylic acids is 1. The number of benzene rings is 1. The molecule has 7 heteroatoms. The molecule has 0 fully saturated rings. The number of carbonyl (C=O) groups is 1. The fraction of sp³-hybridized carbons (Fsp3) is 0.100. The molecule has 6 nitrogen and oxygen atoms in total. The Morgan fingerprint density at radius 1 is 1.47 bits per heavy atom. The average Bonchev–Trinajstić information content (AvgIpc) is 2.70. The highest BCUT2D eigenvalue weighted by molar-refractivity contribution is 5.89. The highest BCUT2D eigenvalue weighted by Gasteiger charge is 2.24. The molecule has 0 saturated heterocycles. The van der Waals surface area contributed by atoms with Gasteiger partial charge in [-0.3, -0.25) is 10.1 Å². The number of non-ortho nitro benzene ring substituents is 1. The maximum Gasteiger partial charge on any atom is 0.359 e. The number of carboxylic acid groups (broad SMARTS) is 1. The molecule has 0 aliphatic carbocycles. The summed E-state index contributed by atoms with van der Waals surface area (Å²) in [4.78, 5) is 20.7. The number of hydrogen-bond acceptors (Lipinski definition) is 3. The summed E-state index contributed by atoms with van der Waals surface area (Å²) in [5.74, 6) is -1.69. The van der Waals surface area contributed by atoms with Crippen molar-refractivity contribution in [2.24, 2.45) is 0 Å². The van der Waals surface area contributed by atoms with Gasteiger partial charge in [-0.25, -0.2) is 9.18 Å². The van der Waals surface area contributed by atoms with Crippen LogP contribution in [-0.4, -0.2) is 20.6 Å². The van der Waals surface area contributed by atoms with Gasteiger partial charge in [-0.05, 0) is 6.07 Å². The second-order valence-electron chi connectivity index (χ2n) is 3.37. The number of aromatic nitrogens is 1. The summed E-state index contributed by atoms with van der Waals surface area (Å²) in [5.41, 5.74) is -0.358. The first kappa shape index (κ1) is 11.1. The molecular weight excluding hydrogens is 231 g/mol. The quantitative estimate of drug-likeness (QED) is 0.655. The van der Waals surface area contributed by atoms with Crippen LogP contribution in [0.25, 0.3) is 10.9 Å². The van der Waals surface area contributed by atoms with Crippen LogP contribution >= 0.6 is 0 Å².